The highest BCUT2D eigenvalue weighted by atomic mass is 19.3. The van der Waals surface area contributed by atoms with E-state index in [0.29, 0.717) is 31.4 Å². The number of fused-ring (bicyclic) bond motifs is 1. The molecule has 41 heavy (non-hydrogen) atoms. The number of rotatable bonds is 11. The number of carbonyl (C=O) groups excluding carboxylic acids is 4. The minimum atomic E-state index is -2.82. The third-order valence-corrected chi connectivity index (χ3v) is 7.56. The number of amides is 3. The van der Waals surface area contributed by atoms with Gasteiger partial charge in [0.15, 0.2) is 0 Å². The van der Waals surface area contributed by atoms with Crippen LogP contribution in [0.15, 0.2) is 36.5 Å². The zero-order valence-corrected chi connectivity index (χ0v) is 22.0. The van der Waals surface area contributed by atoms with Gasteiger partial charge in [0.05, 0.1) is 28.6 Å². The molecule has 3 N–H and O–H groups in total. The van der Waals surface area contributed by atoms with Crippen molar-refractivity contribution in [3.8, 4) is 11.3 Å². The van der Waals surface area contributed by atoms with Crippen LogP contribution in [-0.4, -0.2) is 56.3 Å². The molecule has 10 nitrogen and oxygen atoms in total. The summed E-state index contributed by atoms with van der Waals surface area (Å²) < 4.78 is 42.6. The van der Waals surface area contributed by atoms with Crippen molar-refractivity contribution in [3.63, 3.8) is 0 Å². The van der Waals surface area contributed by atoms with Crippen LogP contribution >= 0.6 is 0 Å². The summed E-state index contributed by atoms with van der Waals surface area (Å²) in [7, 11) is 0. The molecule has 3 heterocycles. The number of imide groups is 1. The van der Waals surface area contributed by atoms with E-state index >= 15 is 0 Å². The van der Waals surface area contributed by atoms with Crippen molar-refractivity contribution >= 4 is 29.7 Å². The van der Waals surface area contributed by atoms with Gasteiger partial charge in [-0.1, -0.05) is 0 Å². The van der Waals surface area contributed by atoms with Crippen LogP contribution in [0.1, 0.15) is 70.3 Å². The third kappa shape index (κ3) is 5.31. The second-order valence-corrected chi connectivity index (χ2v) is 10.2. The third-order valence-electron chi connectivity index (χ3n) is 7.56. The Morgan fingerprint density at radius 1 is 1.15 bits per heavy atom. The normalized spacial score (nSPS) is 18.8. The van der Waals surface area contributed by atoms with Gasteiger partial charge in [-0.2, -0.15) is 5.10 Å². The first kappa shape index (κ1) is 28.0. The first-order valence-electron chi connectivity index (χ1n) is 13.1. The number of hydrogen-bond donors (Lipinski definition) is 2. The van der Waals surface area contributed by atoms with Crippen molar-refractivity contribution in [1.82, 2.24) is 19.7 Å². The van der Waals surface area contributed by atoms with Crippen LogP contribution in [0.5, 0.6) is 0 Å². The van der Waals surface area contributed by atoms with Crippen LogP contribution in [0.2, 0.25) is 0 Å². The lowest BCUT2D eigenvalue weighted by molar-refractivity contribution is -0.122. The molecule has 3 amide bonds. The molecule has 214 valence electrons. The van der Waals surface area contributed by atoms with Crippen LogP contribution in [0.25, 0.3) is 11.3 Å². The van der Waals surface area contributed by atoms with Crippen molar-refractivity contribution in [2.75, 3.05) is 11.9 Å². The highest BCUT2D eigenvalue weighted by Crippen LogP contribution is 2.40. The molecule has 1 aromatic carbocycles. The Bertz CT molecular complexity index is 1530. The molecular formula is C28H27F3N6O4. The summed E-state index contributed by atoms with van der Waals surface area (Å²) in [5, 5.41) is 7.35. The zero-order chi connectivity index (χ0) is 29.4. The van der Waals surface area contributed by atoms with E-state index in [9.17, 15) is 32.3 Å². The number of aryl methyl sites for hydroxylation is 1. The van der Waals surface area contributed by atoms with Crippen molar-refractivity contribution in [3.05, 3.63) is 64.9 Å². The summed E-state index contributed by atoms with van der Waals surface area (Å²) in [5.74, 6) is -2.48. The number of nitrogens with zero attached hydrogens (tertiary/aromatic N) is 4. The maximum Gasteiger partial charge on any atom is 0.282 e. The fourth-order valence-electron chi connectivity index (χ4n) is 5.27. The number of benzene rings is 1. The molecule has 1 aliphatic heterocycles. The fourth-order valence-corrected chi connectivity index (χ4v) is 5.27. The predicted molar refractivity (Wildman–Crippen MR) is 141 cm³/mol. The first-order chi connectivity index (χ1) is 19.6. The average molecular weight is 569 g/mol. The van der Waals surface area contributed by atoms with Gasteiger partial charge >= 0.3 is 0 Å². The number of pyridine rings is 1. The van der Waals surface area contributed by atoms with Crippen molar-refractivity contribution in [2.24, 2.45) is 11.7 Å². The molecule has 13 heteroatoms. The smallest absolute Gasteiger partial charge is 0.282 e. The number of aldehydes is 1. The van der Waals surface area contributed by atoms with E-state index in [4.69, 9.17) is 5.73 Å². The largest absolute Gasteiger partial charge is 0.385 e. The van der Waals surface area contributed by atoms with Crippen molar-refractivity contribution in [1.29, 1.82) is 0 Å². The Hall–Kier alpha value is -4.55. The lowest BCUT2D eigenvalue weighted by Gasteiger charge is -2.35. The summed E-state index contributed by atoms with van der Waals surface area (Å²) in [6.45, 7) is 1.99. The molecule has 5 rings (SSSR count). The molecule has 0 radical (unpaired) electrons. The molecule has 2 aliphatic rings. The number of nitrogens with two attached hydrogens (primary N) is 1. The summed E-state index contributed by atoms with van der Waals surface area (Å²) in [4.78, 5) is 53.4. The molecule has 0 spiro atoms. The Labute approximate surface area is 232 Å². The van der Waals surface area contributed by atoms with Gasteiger partial charge in [-0.15, -0.1) is 0 Å². The molecule has 0 bridgehead atoms. The van der Waals surface area contributed by atoms with E-state index in [1.807, 2.05) is 0 Å². The van der Waals surface area contributed by atoms with Crippen molar-refractivity contribution in [2.45, 2.75) is 51.1 Å². The lowest BCUT2D eigenvalue weighted by Crippen LogP contribution is -2.47. The number of aromatic nitrogens is 3. The maximum atomic E-state index is 13.7. The second-order valence-electron chi connectivity index (χ2n) is 10.2. The number of hydrogen-bond acceptors (Lipinski definition) is 7. The Balaban J connectivity index is 1.22. The maximum absolute atomic E-state index is 13.7. The van der Waals surface area contributed by atoms with E-state index in [1.165, 1.54) is 42.1 Å². The number of carbonyl (C=O) groups is 4. The fraction of sp³-hybridized carbons (Fsp3) is 0.357. The van der Waals surface area contributed by atoms with E-state index in [0.717, 1.165) is 4.90 Å². The standard InChI is InChI=1S/C28H27F3N6O4/c1-14-21(29)6-7-22(34-14)20-13-36(35-24(20)25(30)31)17-9-15(10-17)12-33-16-4-5-18-19(11-16)28(41)37(27(18)40)23(26(32)39)3-2-8-38/h4-8,11,13,15,17,23,25,33H,2-3,9-10,12H2,1H3,(H2,32,39). The molecule has 0 saturated heterocycles. The van der Waals surface area contributed by atoms with Crippen LogP contribution in [0, 0.1) is 18.7 Å². The van der Waals surface area contributed by atoms with Gasteiger partial charge in [0.2, 0.25) is 5.91 Å². The molecule has 1 fully saturated rings. The summed E-state index contributed by atoms with van der Waals surface area (Å²) in [6.07, 6.45) is 0.563. The molecule has 1 unspecified atom stereocenters. The summed E-state index contributed by atoms with van der Waals surface area (Å²) >= 11 is 0. The van der Waals surface area contributed by atoms with Gasteiger partial charge in [0.25, 0.3) is 18.2 Å². The van der Waals surface area contributed by atoms with Gasteiger partial charge in [-0.05, 0) is 62.4 Å². The number of nitrogens with one attached hydrogen (secondary N) is 1. The monoisotopic (exact) mass is 568 g/mol. The van der Waals surface area contributed by atoms with E-state index in [1.54, 1.807) is 6.07 Å². The Kier molecular flexibility index (Phi) is 7.61. The van der Waals surface area contributed by atoms with Gasteiger partial charge in [-0.25, -0.2) is 18.2 Å². The number of halogens is 3. The molecular weight excluding hydrogens is 541 g/mol. The number of anilines is 1. The van der Waals surface area contributed by atoms with Gasteiger partial charge in [0, 0.05) is 30.4 Å². The van der Waals surface area contributed by atoms with Crippen LogP contribution in [0.4, 0.5) is 18.9 Å². The van der Waals surface area contributed by atoms with Crippen LogP contribution in [-0.2, 0) is 9.59 Å². The van der Waals surface area contributed by atoms with Gasteiger partial charge in [-0.3, -0.25) is 24.0 Å². The van der Waals surface area contributed by atoms with Crippen molar-refractivity contribution < 1.29 is 32.3 Å². The molecule has 1 aliphatic carbocycles. The quantitative estimate of drug-likeness (QED) is 0.265. The topological polar surface area (TPSA) is 140 Å². The Morgan fingerprint density at radius 2 is 1.88 bits per heavy atom. The lowest BCUT2D eigenvalue weighted by atomic mass is 9.80. The first-order valence-corrected chi connectivity index (χ1v) is 13.1. The van der Waals surface area contributed by atoms with Gasteiger partial charge < -0.3 is 15.8 Å². The molecule has 3 aromatic rings. The number of primary amides is 1. The van der Waals surface area contributed by atoms with Crippen LogP contribution < -0.4 is 11.1 Å². The second kappa shape index (κ2) is 11.1. The molecule has 2 aromatic heterocycles. The Morgan fingerprint density at radius 3 is 2.54 bits per heavy atom. The van der Waals surface area contributed by atoms with E-state index in [2.05, 4.69) is 15.4 Å². The van der Waals surface area contributed by atoms with Crippen LogP contribution in [0.3, 0.4) is 0 Å². The predicted octanol–water partition coefficient (Wildman–Crippen LogP) is 3.82. The minimum Gasteiger partial charge on any atom is -0.385 e. The summed E-state index contributed by atoms with van der Waals surface area (Å²) in [6, 6.07) is 5.93. The van der Waals surface area contributed by atoms with Gasteiger partial charge in [0.1, 0.15) is 23.8 Å². The highest BCUT2D eigenvalue weighted by Gasteiger charge is 2.42. The SMILES string of the molecule is Cc1nc(-c2cn(C3CC(CNc4ccc5c(c4)C(=O)N(C(CCC=O)C(N)=O)C5=O)C3)nc2C(F)F)ccc1F. The number of alkyl halides is 2. The molecule has 1 saturated carbocycles. The van der Waals surface area contributed by atoms with E-state index < -0.39 is 41.7 Å². The average Bonchev–Trinajstić information content (AvgIpc) is 3.45. The molecule has 1 atom stereocenters. The zero-order valence-electron chi connectivity index (χ0n) is 22.0. The minimum absolute atomic E-state index is 0.0255. The van der Waals surface area contributed by atoms with E-state index in [-0.39, 0.29) is 52.9 Å². The highest BCUT2D eigenvalue weighted by molar-refractivity contribution is 6.23. The summed E-state index contributed by atoms with van der Waals surface area (Å²) in [5.41, 5.74) is 6.39.